The second kappa shape index (κ2) is 10.3. The average Bonchev–Trinajstić information content (AvgIpc) is 3.69. The minimum atomic E-state index is -4.64. The number of H-pyrrole nitrogens is 1. The van der Waals surface area contributed by atoms with Gasteiger partial charge in [-0.15, -0.1) is 5.10 Å². The number of aromatic nitrogens is 9. The fourth-order valence-electron chi connectivity index (χ4n) is 4.76. The molecule has 43 heavy (non-hydrogen) atoms. The number of nitrogens with one attached hydrogen (secondary N) is 1. The van der Waals surface area contributed by atoms with E-state index < -0.39 is 74.5 Å². The first-order chi connectivity index (χ1) is 20.3. The third-order valence-corrected chi connectivity index (χ3v) is 8.40. The van der Waals surface area contributed by atoms with Crippen LogP contribution in [0.4, 0.5) is 24.9 Å². The zero-order valence-electron chi connectivity index (χ0n) is 21.3. The fraction of sp³-hybridized carbons (Fsp3) is 0.526. The Morgan fingerprint density at radius 2 is 2.00 bits per heavy atom. The fourth-order valence-corrected chi connectivity index (χ4v) is 6.36. The Balaban J connectivity index is 1.27. The number of alkyl halides is 3. The van der Waals surface area contributed by atoms with Gasteiger partial charge in [0.25, 0.3) is 5.56 Å². The molecule has 2 fully saturated rings. The number of aromatic amines is 1. The molecule has 0 saturated carbocycles. The first-order valence-corrected chi connectivity index (χ1v) is 14.7. The molecule has 2 saturated heterocycles. The molecule has 2 aliphatic rings. The highest BCUT2D eigenvalue weighted by Gasteiger charge is 2.61. The number of nitrogens with zero attached hydrogens (tertiary/aromatic N) is 8. The van der Waals surface area contributed by atoms with Crippen molar-refractivity contribution in [3.63, 3.8) is 0 Å². The normalized spacial score (nSPS) is 30.3. The lowest BCUT2D eigenvalue weighted by atomic mass is 10.1. The van der Waals surface area contributed by atoms with Crippen molar-refractivity contribution >= 4 is 52.6 Å². The van der Waals surface area contributed by atoms with Crippen molar-refractivity contribution in [1.82, 2.24) is 44.5 Å². The van der Waals surface area contributed by atoms with Gasteiger partial charge in [0.15, 0.2) is 40.4 Å². The molecule has 0 radical (unpaired) electrons. The van der Waals surface area contributed by atoms with E-state index in [2.05, 4.69) is 35.2 Å². The zero-order chi connectivity index (χ0) is 30.9. The third-order valence-electron chi connectivity index (χ3n) is 6.84. The zero-order valence-corrected chi connectivity index (χ0v) is 23.0. The predicted molar refractivity (Wildman–Crippen MR) is 138 cm³/mol. The van der Waals surface area contributed by atoms with E-state index in [4.69, 9.17) is 41.8 Å². The number of imidazole rings is 1. The second-order valence-electron chi connectivity index (χ2n) is 9.48. The number of nitrogens with two attached hydrogens (primary N) is 2. The van der Waals surface area contributed by atoms with Gasteiger partial charge in [-0.3, -0.25) is 18.9 Å². The number of fused-ring (bicyclic) bond motifs is 2. The Bertz CT molecular complexity index is 1810. The maximum Gasteiger partial charge on any atom is 0.326 e. The van der Waals surface area contributed by atoms with E-state index in [0.29, 0.717) is 4.68 Å². The van der Waals surface area contributed by atoms with Gasteiger partial charge in [-0.2, -0.15) is 18.4 Å². The van der Waals surface area contributed by atoms with E-state index in [9.17, 15) is 19.9 Å². The van der Waals surface area contributed by atoms with Crippen molar-refractivity contribution in [3.8, 4) is 0 Å². The van der Waals surface area contributed by atoms with Crippen LogP contribution in [0.1, 0.15) is 6.23 Å². The standard InChI is InChI=1S/C19H21F3N11O8PS/c20-10-6(1-34)38-3-18(10,32-5-27-9-14(32)28-17(24)29-15(9)36)41-42(37,43)39-2-7-11(35)19(21,22)16(40-7)33-13-8(30-31-33)12(23)25-4-26-13/h4-7,10-11,16,34-35H,1-3H2,(H,37,43)(H2,23,25,26)(H3,24,28,29,36)/t6-,7-,10-,11-,16-,18+,42?/m1/s1. The number of hydrogen-bond acceptors (Lipinski definition) is 16. The summed E-state index contributed by atoms with van der Waals surface area (Å²) in [4.78, 5) is 40.8. The number of aliphatic hydroxyl groups excluding tert-OH is 2. The molecule has 6 heterocycles. The summed E-state index contributed by atoms with van der Waals surface area (Å²) in [6.45, 7) is -7.14. The Hall–Kier alpha value is -3.41. The molecule has 24 heteroatoms. The first-order valence-electron chi connectivity index (χ1n) is 12.1. The lowest BCUT2D eigenvalue weighted by Gasteiger charge is -2.34. The highest BCUT2D eigenvalue weighted by Crippen LogP contribution is 2.54. The molecule has 0 bridgehead atoms. The molecular formula is C19H21F3N11O8PS. The van der Waals surface area contributed by atoms with E-state index in [-0.39, 0.29) is 34.1 Å². The van der Waals surface area contributed by atoms with Crippen LogP contribution in [0.3, 0.4) is 0 Å². The molecule has 232 valence electrons. The average molecular weight is 651 g/mol. The summed E-state index contributed by atoms with van der Waals surface area (Å²) >= 11 is 5.05. The van der Waals surface area contributed by atoms with Crippen molar-refractivity contribution in [3.05, 3.63) is 23.0 Å². The van der Waals surface area contributed by atoms with Gasteiger partial charge in [-0.25, -0.2) is 19.3 Å². The summed E-state index contributed by atoms with van der Waals surface area (Å²) < 4.78 is 69.0. The van der Waals surface area contributed by atoms with Crippen LogP contribution >= 0.6 is 6.72 Å². The van der Waals surface area contributed by atoms with Crippen LogP contribution in [-0.2, 0) is 36.1 Å². The van der Waals surface area contributed by atoms with Crippen LogP contribution in [-0.4, -0.2) is 110 Å². The Morgan fingerprint density at radius 3 is 2.72 bits per heavy atom. The molecule has 7 atom stereocenters. The summed E-state index contributed by atoms with van der Waals surface area (Å²) in [5.41, 5.74) is 7.23. The van der Waals surface area contributed by atoms with E-state index in [1.165, 1.54) is 0 Å². The summed E-state index contributed by atoms with van der Waals surface area (Å²) in [7, 11) is 0. The van der Waals surface area contributed by atoms with Gasteiger partial charge in [0.05, 0.1) is 26.1 Å². The molecule has 0 aliphatic carbocycles. The van der Waals surface area contributed by atoms with E-state index in [1.54, 1.807) is 0 Å². The number of aliphatic hydroxyl groups is 2. The molecule has 4 aromatic rings. The molecule has 1 unspecified atom stereocenters. The number of ether oxygens (including phenoxy) is 2. The number of rotatable bonds is 8. The van der Waals surface area contributed by atoms with Crippen molar-refractivity contribution in [2.45, 2.75) is 42.4 Å². The van der Waals surface area contributed by atoms with Crippen LogP contribution in [0.25, 0.3) is 22.3 Å². The molecule has 0 amide bonds. The van der Waals surface area contributed by atoms with Gasteiger partial charge in [-0.1, -0.05) is 5.21 Å². The minimum Gasteiger partial charge on any atom is -0.394 e. The molecule has 4 aromatic heterocycles. The van der Waals surface area contributed by atoms with Crippen molar-refractivity contribution in [1.29, 1.82) is 0 Å². The third kappa shape index (κ3) is 4.72. The molecule has 19 nitrogen and oxygen atoms in total. The van der Waals surface area contributed by atoms with Crippen LogP contribution < -0.4 is 17.0 Å². The van der Waals surface area contributed by atoms with Gasteiger partial charge in [0.2, 0.25) is 17.9 Å². The molecular weight excluding hydrogens is 630 g/mol. The lowest BCUT2D eigenvalue weighted by Crippen LogP contribution is -2.46. The molecule has 8 N–H and O–H groups in total. The maximum atomic E-state index is 15.8. The second-order valence-corrected chi connectivity index (χ2v) is 12.2. The van der Waals surface area contributed by atoms with Crippen molar-refractivity contribution in [2.24, 2.45) is 0 Å². The molecule has 0 spiro atoms. The van der Waals surface area contributed by atoms with Gasteiger partial charge < -0.3 is 40.6 Å². The Labute approximate surface area is 240 Å². The first kappa shape index (κ1) is 29.7. The summed E-state index contributed by atoms with van der Waals surface area (Å²) in [6, 6.07) is 0. The van der Waals surface area contributed by atoms with Crippen LogP contribution in [0.5, 0.6) is 0 Å². The smallest absolute Gasteiger partial charge is 0.326 e. The van der Waals surface area contributed by atoms with Crippen LogP contribution in [0.2, 0.25) is 0 Å². The van der Waals surface area contributed by atoms with E-state index in [0.717, 1.165) is 17.2 Å². The maximum absolute atomic E-state index is 15.8. The van der Waals surface area contributed by atoms with Crippen molar-refractivity contribution < 1.29 is 46.8 Å². The van der Waals surface area contributed by atoms with Crippen LogP contribution in [0, 0.1) is 0 Å². The quantitative estimate of drug-likeness (QED) is 0.113. The van der Waals surface area contributed by atoms with Crippen molar-refractivity contribution in [2.75, 3.05) is 31.3 Å². The topological polar surface area (TPSA) is 270 Å². The van der Waals surface area contributed by atoms with Gasteiger partial charge in [0, 0.05) is 0 Å². The largest absolute Gasteiger partial charge is 0.394 e. The Morgan fingerprint density at radius 1 is 1.23 bits per heavy atom. The highest BCUT2D eigenvalue weighted by atomic mass is 32.5. The monoisotopic (exact) mass is 651 g/mol. The summed E-state index contributed by atoms with van der Waals surface area (Å²) in [5.74, 6) is -4.48. The molecule has 6 rings (SSSR count). The number of halogens is 3. The molecule has 2 aliphatic heterocycles. The predicted octanol–water partition coefficient (Wildman–Crippen LogP) is -1.96. The van der Waals surface area contributed by atoms with E-state index >= 15 is 13.2 Å². The Kier molecular flexibility index (Phi) is 7.14. The summed E-state index contributed by atoms with van der Waals surface area (Å²) in [6.07, 6.45) is -8.38. The van der Waals surface area contributed by atoms with E-state index in [1.807, 2.05) is 0 Å². The highest BCUT2D eigenvalue weighted by molar-refractivity contribution is 8.07. The van der Waals surface area contributed by atoms with Crippen LogP contribution in [0.15, 0.2) is 17.4 Å². The van der Waals surface area contributed by atoms with Gasteiger partial charge >= 0.3 is 12.6 Å². The minimum absolute atomic E-state index is 0.0911. The number of anilines is 2. The number of nitrogen functional groups attached to an aromatic ring is 2. The summed E-state index contributed by atoms with van der Waals surface area (Å²) in [5, 5.41) is 27.2. The SMILES string of the molecule is Nc1nc2c(ncn2[C@]2(OP(O)(=S)OC[C@H]3O[C@@H](n4nnc5c(N)ncnc54)C(F)(F)[C@@H]3O)CO[C@H](CO)[C@H]2F)c(=O)[nH]1. The molecule has 0 aromatic carbocycles. The lowest BCUT2D eigenvalue weighted by molar-refractivity contribution is -0.142. The number of hydrogen-bond donors (Lipinski definition) is 6. The van der Waals surface area contributed by atoms with Gasteiger partial charge in [0.1, 0.15) is 18.5 Å². The van der Waals surface area contributed by atoms with Gasteiger partial charge in [-0.05, 0) is 11.8 Å².